The Hall–Kier alpha value is -3.78. The number of imidazole rings is 1. The van der Waals surface area contributed by atoms with Gasteiger partial charge in [-0.05, 0) is 42.0 Å². The fourth-order valence-electron chi connectivity index (χ4n) is 4.42. The van der Waals surface area contributed by atoms with Crippen molar-refractivity contribution in [3.63, 3.8) is 0 Å². The Balaban J connectivity index is 1.41. The standard InChI is InChI=1S/C24H25N7O/c1-28(2)18-11-9-17(10-12-18)22-27-23-25-15-29(14-19-6-5-13-32-19)16-30(23)24-26-20-7-3-4-8-21(20)31(22)24/h3-13,22H,14-16H2,1-2H3,(H,25,27)/t22-/m0/s1. The molecule has 1 atom stereocenters. The summed E-state index contributed by atoms with van der Waals surface area (Å²) < 4.78 is 7.82. The number of hydrogen-bond donors (Lipinski definition) is 1. The summed E-state index contributed by atoms with van der Waals surface area (Å²) in [5, 5.41) is 3.67. The van der Waals surface area contributed by atoms with Crippen LogP contribution in [0.15, 0.2) is 76.3 Å². The third kappa shape index (κ3) is 3.11. The second kappa shape index (κ2) is 7.42. The van der Waals surface area contributed by atoms with Crippen molar-refractivity contribution in [2.24, 2.45) is 4.99 Å². The molecule has 0 saturated carbocycles. The van der Waals surface area contributed by atoms with Gasteiger partial charge < -0.3 is 14.6 Å². The number of benzene rings is 2. The largest absolute Gasteiger partial charge is 0.468 e. The predicted molar refractivity (Wildman–Crippen MR) is 126 cm³/mol. The van der Waals surface area contributed by atoms with Gasteiger partial charge in [0.05, 0.1) is 37.2 Å². The molecule has 2 aromatic heterocycles. The number of aromatic nitrogens is 2. The van der Waals surface area contributed by atoms with E-state index in [4.69, 9.17) is 14.4 Å². The van der Waals surface area contributed by atoms with Crippen LogP contribution < -0.4 is 15.1 Å². The van der Waals surface area contributed by atoms with Gasteiger partial charge in [-0.2, -0.15) is 0 Å². The molecule has 6 rings (SSSR count). The quantitative estimate of drug-likeness (QED) is 0.538. The predicted octanol–water partition coefficient (Wildman–Crippen LogP) is 3.44. The highest BCUT2D eigenvalue weighted by molar-refractivity contribution is 5.98. The van der Waals surface area contributed by atoms with Crippen molar-refractivity contribution in [2.75, 3.05) is 37.2 Å². The maximum absolute atomic E-state index is 5.54. The molecule has 4 heterocycles. The molecular formula is C24H25N7O. The smallest absolute Gasteiger partial charge is 0.216 e. The van der Waals surface area contributed by atoms with Crippen molar-refractivity contribution in [3.05, 3.63) is 78.3 Å². The molecule has 2 aromatic carbocycles. The topological polar surface area (TPSA) is 65.1 Å². The van der Waals surface area contributed by atoms with Crippen molar-refractivity contribution in [1.82, 2.24) is 19.8 Å². The normalized spacial score (nSPS) is 18.1. The number of nitrogens with zero attached hydrogens (tertiary/aromatic N) is 6. The molecule has 1 N–H and O–H groups in total. The zero-order valence-corrected chi connectivity index (χ0v) is 18.1. The SMILES string of the molecule is CN(C)c1ccc([C@H]2NC3=NCN(Cc4ccco4)CN3c3nc4ccccc4n32)cc1. The highest BCUT2D eigenvalue weighted by Gasteiger charge is 2.35. The molecule has 0 spiro atoms. The number of anilines is 2. The zero-order valence-electron chi connectivity index (χ0n) is 18.1. The molecule has 2 aliphatic heterocycles. The second-order valence-corrected chi connectivity index (χ2v) is 8.40. The first-order chi connectivity index (χ1) is 15.7. The van der Waals surface area contributed by atoms with E-state index in [1.54, 1.807) is 6.26 Å². The van der Waals surface area contributed by atoms with E-state index in [0.717, 1.165) is 28.7 Å². The maximum Gasteiger partial charge on any atom is 0.216 e. The van der Waals surface area contributed by atoms with E-state index < -0.39 is 0 Å². The average molecular weight is 428 g/mol. The number of furan rings is 1. The van der Waals surface area contributed by atoms with Crippen LogP contribution in [0.1, 0.15) is 17.5 Å². The van der Waals surface area contributed by atoms with Crippen molar-refractivity contribution in [1.29, 1.82) is 0 Å². The van der Waals surface area contributed by atoms with E-state index in [0.29, 0.717) is 19.9 Å². The Morgan fingerprint density at radius 2 is 1.91 bits per heavy atom. The second-order valence-electron chi connectivity index (χ2n) is 8.40. The van der Waals surface area contributed by atoms with E-state index in [1.165, 1.54) is 11.3 Å². The number of hydrogen-bond acceptors (Lipinski definition) is 7. The number of rotatable bonds is 4. The summed E-state index contributed by atoms with van der Waals surface area (Å²) in [6, 6.07) is 20.8. The van der Waals surface area contributed by atoms with Crippen molar-refractivity contribution >= 4 is 28.6 Å². The minimum Gasteiger partial charge on any atom is -0.468 e. The average Bonchev–Trinajstić information content (AvgIpc) is 3.47. The van der Waals surface area contributed by atoms with Gasteiger partial charge in [0.25, 0.3) is 0 Å². The zero-order chi connectivity index (χ0) is 21.7. The summed E-state index contributed by atoms with van der Waals surface area (Å²) in [5.74, 6) is 2.68. The summed E-state index contributed by atoms with van der Waals surface area (Å²) in [6.45, 7) is 1.99. The van der Waals surface area contributed by atoms with Gasteiger partial charge in [0.2, 0.25) is 11.9 Å². The molecule has 0 bridgehead atoms. The molecule has 32 heavy (non-hydrogen) atoms. The number of guanidine groups is 1. The lowest BCUT2D eigenvalue weighted by Crippen LogP contribution is -2.57. The number of nitrogens with one attached hydrogen (secondary N) is 1. The molecule has 4 aromatic rings. The molecule has 0 radical (unpaired) electrons. The van der Waals surface area contributed by atoms with Gasteiger partial charge in [-0.15, -0.1) is 0 Å². The molecule has 0 unspecified atom stereocenters. The maximum atomic E-state index is 5.54. The van der Waals surface area contributed by atoms with E-state index >= 15 is 0 Å². The molecule has 2 aliphatic rings. The van der Waals surface area contributed by atoms with E-state index in [1.807, 2.05) is 18.2 Å². The van der Waals surface area contributed by atoms with Crippen LogP contribution in [0.3, 0.4) is 0 Å². The molecule has 0 fully saturated rings. The summed E-state index contributed by atoms with van der Waals surface area (Å²) in [6.07, 6.45) is 1.63. The lowest BCUT2D eigenvalue weighted by atomic mass is 10.1. The Bertz CT molecular complexity index is 1270. The van der Waals surface area contributed by atoms with Gasteiger partial charge in [0.1, 0.15) is 11.9 Å². The summed E-state index contributed by atoms with van der Waals surface area (Å²) in [4.78, 5) is 16.4. The Morgan fingerprint density at radius 3 is 2.69 bits per heavy atom. The highest BCUT2D eigenvalue weighted by Crippen LogP contribution is 2.34. The molecule has 0 amide bonds. The minimum absolute atomic E-state index is 0.0831. The monoisotopic (exact) mass is 427 g/mol. The summed E-state index contributed by atoms with van der Waals surface area (Å²) in [7, 11) is 4.11. The first-order valence-electron chi connectivity index (χ1n) is 10.7. The number of fused-ring (bicyclic) bond motifs is 5. The first kappa shape index (κ1) is 18.9. The lowest BCUT2D eigenvalue weighted by Gasteiger charge is -2.41. The van der Waals surface area contributed by atoms with Crippen LogP contribution in [0.5, 0.6) is 0 Å². The van der Waals surface area contributed by atoms with Gasteiger partial charge in [0.15, 0.2) is 0 Å². The Kier molecular flexibility index (Phi) is 4.39. The van der Waals surface area contributed by atoms with Gasteiger partial charge in [0, 0.05) is 19.8 Å². The van der Waals surface area contributed by atoms with E-state index in [9.17, 15) is 0 Å². The van der Waals surface area contributed by atoms with Crippen LogP contribution in [0.25, 0.3) is 11.0 Å². The van der Waals surface area contributed by atoms with Crippen LogP contribution in [0.4, 0.5) is 11.6 Å². The molecule has 0 aliphatic carbocycles. The summed E-state index contributed by atoms with van der Waals surface area (Å²) in [5.41, 5.74) is 4.41. The van der Waals surface area contributed by atoms with Gasteiger partial charge >= 0.3 is 0 Å². The number of aliphatic imine (C=N–C) groups is 1. The summed E-state index contributed by atoms with van der Waals surface area (Å²) >= 11 is 0. The molecular weight excluding hydrogens is 402 g/mol. The van der Waals surface area contributed by atoms with Crippen molar-refractivity contribution < 1.29 is 4.42 Å². The van der Waals surface area contributed by atoms with Crippen LogP contribution in [-0.4, -0.2) is 47.8 Å². The fraction of sp³-hybridized carbons (Fsp3) is 0.250. The van der Waals surface area contributed by atoms with Gasteiger partial charge in [-0.3, -0.25) is 14.4 Å². The van der Waals surface area contributed by atoms with Crippen LogP contribution in [0.2, 0.25) is 0 Å². The molecule has 8 heteroatoms. The van der Waals surface area contributed by atoms with Crippen molar-refractivity contribution in [2.45, 2.75) is 12.7 Å². The van der Waals surface area contributed by atoms with E-state index in [-0.39, 0.29) is 6.17 Å². The third-order valence-corrected chi connectivity index (χ3v) is 6.04. The van der Waals surface area contributed by atoms with Crippen LogP contribution in [0, 0.1) is 0 Å². The first-order valence-corrected chi connectivity index (χ1v) is 10.7. The minimum atomic E-state index is -0.0831. The highest BCUT2D eigenvalue weighted by atomic mass is 16.3. The third-order valence-electron chi connectivity index (χ3n) is 6.04. The van der Waals surface area contributed by atoms with Crippen molar-refractivity contribution in [3.8, 4) is 0 Å². The lowest BCUT2D eigenvalue weighted by molar-refractivity contribution is 0.243. The van der Waals surface area contributed by atoms with Gasteiger partial charge in [-0.1, -0.05) is 24.3 Å². The fourth-order valence-corrected chi connectivity index (χ4v) is 4.42. The van der Waals surface area contributed by atoms with Crippen LogP contribution in [-0.2, 0) is 6.54 Å². The van der Waals surface area contributed by atoms with E-state index in [2.05, 4.69) is 81.1 Å². The molecule has 8 nitrogen and oxygen atoms in total. The molecule has 0 saturated heterocycles. The van der Waals surface area contributed by atoms with Gasteiger partial charge in [-0.25, -0.2) is 9.98 Å². The molecule has 162 valence electrons. The number of para-hydroxylation sites is 2. The Morgan fingerprint density at radius 1 is 1.06 bits per heavy atom. The Labute approximate surface area is 186 Å². The van der Waals surface area contributed by atoms with Crippen LogP contribution >= 0.6 is 0 Å².